The summed E-state index contributed by atoms with van der Waals surface area (Å²) in [5.41, 5.74) is 7.55. The van der Waals surface area contributed by atoms with Gasteiger partial charge in [-0.1, -0.05) is 13.8 Å². The highest BCUT2D eigenvalue weighted by molar-refractivity contribution is 14.1. The number of nitrogen functional groups attached to an aromatic ring is 1. The van der Waals surface area contributed by atoms with Gasteiger partial charge in [0.1, 0.15) is 5.82 Å². The molecule has 0 spiro atoms. The normalized spacial score (nSPS) is 24.2. The minimum Gasteiger partial charge on any atom is -0.378 e. The van der Waals surface area contributed by atoms with Crippen LogP contribution in [-0.2, 0) is 4.74 Å². The van der Waals surface area contributed by atoms with E-state index in [9.17, 15) is 4.39 Å². The van der Waals surface area contributed by atoms with Gasteiger partial charge < -0.3 is 15.0 Å². The molecular weight excluding hydrogens is 384 g/mol. The van der Waals surface area contributed by atoms with Crippen LogP contribution < -0.4 is 5.73 Å². The molecule has 1 aromatic heterocycles. The van der Waals surface area contributed by atoms with Crippen LogP contribution in [0.2, 0.25) is 0 Å². The average molecular weight is 403 g/mol. The summed E-state index contributed by atoms with van der Waals surface area (Å²) < 4.78 is 22.2. The van der Waals surface area contributed by atoms with Gasteiger partial charge in [0, 0.05) is 24.1 Å². The number of imidazole rings is 1. The molecule has 4 nitrogen and oxygen atoms in total. The van der Waals surface area contributed by atoms with Crippen LogP contribution in [0.5, 0.6) is 0 Å². The van der Waals surface area contributed by atoms with Crippen LogP contribution in [0.3, 0.4) is 0 Å². The molecule has 2 aromatic rings. The number of aromatic nitrogens is 2. The molecule has 0 aliphatic heterocycles. The minimum atomic E-state index is -0.234. The molecule has 1 heterocycles. The Hall–Kier alpha value is -0.890. The third kappa shape index (κ3) is 2.23. The molecule has 2 unspecified atom stereocenters. The third-order valence-electron chi connectivity index (χ3n) is 4.56. The molecule has 0 bridgehead atoms. The maximum Gasteiger partial charge on any atom is 0.201 e. The highest BCUT2D eigenvalue weighted by Crippen LogP contribution is 2.52. The van der Waals surface area contributed by atoms with E-state index < -0.39 is 0 Å². The van der Waals surface area contributed by atoms with E-state index >= 15 is 0 Å². The van der Waals surface area contributed by atoms with Gasteiger partial charge in [-0.25, -0.2) is 9.37 Å². The molecule has 3 rings (SSSR count). The number of anilines is 1. The van der Waals surface area contributed by atoms with Crippen molar-refractivity contribution < 1.29 is 9.13 Å². The minimum absolute atomic E-state index is 0.0444. The number of hydrogen-bond acceptors (Lipinski definition) is 3. The zero-order valence-electron chi connectivity index (χ0n) is 12.4. The maximum absolute atomic E-state index is 13.9. The Balaban J connectivity index is 2.06. The van der Waals surface area contributed by atoms with Gasteiger partial charge in [0.25, 0.3) is 0 Å². The van der Waals surface area contributed by atoms with Crippen molar-refractivity contribution in [3.05, 3.63) is 21.5 Å². The molecule has 114 valence electrons. The van der Waals surface area contributed by atoms with E-state index in [-0.39, 0.29) is 23.4 Å². The maximum atomic E-state index is 13.9. The Bertz CT molecular complexity index is 698. The Kier molecular flexibility index (Phi) is 3.64. The zero-order valence-corrected chi connectivity index (χ0v) is 14.5. The first kappa shape index (κ1) is 15.0. The van der Waals surface area contributed by atoms with Gasteiger partial charge in [-0.2, -0.15) is 0 Å². The first-order valence-electron chi connectivity index (χ1n) is 7.10. The number of rotatable bonds is 3. The summed E-state index contributed by atoms with van der Waals surface area (Å²) >= 11 is 1.97. The second-order valence-corrected chi connectivity index (χ2v) is 7.27. The molecule has 6 heteroatoms. The summed E-state index contributed by atoms with van der Waals surface area (Å²) in [4.78, 5) is 4.38. The van der Waals surface area contributed by atoms with Crippen LogP contribution >= 0.6 is 22.6 Å². The number of benzene rings is 1. The highest BCUT2D eigenvalue weighted by atomic mass is 127. The first-order valence-corrected chi connectivity index (χ1v) is 8.18. The van der Waals surface area contributed by atoms with Crippen molar-refractivity contribution in [2.45, 2.75) is 39.3 Å². The largest absolute Gasteiger partial charge is 0.378 e. The van der Waals surface area contributed by atoms with Crippen molar-refractivity contribution in [1.82, 2.24) is 9.55 Å². The van der Waals surface area contributed by atoms with Crippen LogP contribution in [0, 0.1) is 14.8 Å². The van der Waals surface area contributed by atoms with Crippen molar-refractivity contribution in [3.8, 4) is 0 Å². The molecule has 0 saturated heterocycles. The van der Waals surface area contributed by atoms with Crippen molar-refractivity contribution in [3.63, 3.8) is 0 Å². The molecule has 1 aromatic carbocycles. The molecule has 21 heavy (non-hydrogen) atoms. The Morgan fingerprint density at radius 3 is 2.86 bits per heavy atom. The predicted molar refractivity (Wildman–Crippen MR) is 89.7 cm³/mol. The molecule has 0 radical (unpaired) electrons. The summed E-state index contributed by atoms with van der Waals surface area (Å²) in [5.74, 6) is 0.210. The lowest BCUT2D eigenvalue weighted by molar-refractivity contribution is -0.126. The summed E-state index contributed by atoms with van der Waals surface area (Å²) in [7, 11) is 0. The van der Waals surface area contributed by atoms with Gasteiger partial charge in [-0.15, -0.1) is 0 Å². The Morgan fingerprint density at radius 1 is 1.52 bits per heavy atom. The highest BCUT2D eigenvalue weighted by Gasteiger charge is 2.50. The van der Waals surface area contributed by atoms with Gasteiger partial charge in [-0.05, 0) is 42.0 Å². The van der Waals surface area contributed by atoms with Gasteiger partial charge in [0.2, 0.25) is 5.95 Å². The van der Waals surface area contributed by atoms with Gasteiger partial charge in [-0.3, -0.25) is 0 Å². The average Bonchev–Trinajstić information content (AvgIpc) is 2.70. The molecule has 2 N–H and O–H groups in total. The van der Waals surface area contributed by atoms with Crippen LogP contribution in [-0.4, -0.2) is 22.3 Å². The number of ether oxygens (including phenoxy) is 1. The topological polar surface area (TPSA) is 53.1 Å². The lowest BCUT2D eigenvalue weighted by atomic mass is 9.64. The standard InChI is InChI=1S/C15H19FIN3O/c1-4-21-13-7-12(15(13,2)3)20-11-5-8(16)9(17)6-10(11)19-14(20)18/h5-6,12-13H,4,7H2,1-3H3,(H2,18,19). The van der Waals surface area contributed by atoms with E-state index in [4.69, 9.17) is 10.5 Å². The summed E-state index contributed by atoms with van der Waals surface area (Å²) in [5, 5.41) is 0. The van der Waals surface area contributed by atoms with Crippen LogP contribution in [0.15, 0.2) is 12.1 Å². The number of halogens is 2. The Labute approximate surface area is 137 Å². The van der Waals surface area contributed by atoms with E-state index in [0.717, 1.165) is 17.5 Å². The molecule has 1 aliphatic rings. The number of hydrogen-bond donors (Lipinski definition) is 1. The summed E-state index contributed by atoms with van der Waals surface area (Å²) in [6.07, 6.45) is 1.09. The SMILES string of the molecule is CCOC1CC(n2c(N)nc3cc(I)c(F)cc32)C1(C)C. The van der Waals surface area contributed by atoms with E-state index in [1.807, 2.05) is 34.1 Å². The van der Waals surface area contributed by atoms with Crippen molar-refractivity contribution in [2.75, 3.05) is 12.3 Å². The number of nitrogens with two attached hydrogens (primary N) is 1. The van der Waals surface area contributed by atoms with E-state index in [1.165, 1.54) is 6.07 Å². The van der Waals surface area contributed by atoms with Gasteiger partial charge in [0.05, 0.1) is 20.7 Å². The van der Waals surface area contributed by atoms with E-state index in [1.54, 1.807) is 6.07 Å². The number of nitrogens with zero attached hydrogens (tertiary/aromatic N) is 2. The fourth-order valence-corrected chi connectivity index (χ4v) is 3.67. The molecule has 1 fully saturated rings. The van der Waals surface area contributed by atoms with E-state index in [2.05, 4.69) is 18.8 Å². The van der Waals surface area contributed by atoms with E-state index in [0.29, 0.717) is 16.1 Å². The molecule has 0 amide bonds. The Morgan fingerprint density at radius 2 is 2.24 bits per heavy atom. The van der Waals surface area contributed by atoms with Crippen LogP contribution in [0.25, 0.3) is 11.0 Å². The third-order valence-corrected chi connectivity index (χ3v) is 5.39. The molecular formula is C15H19FIN3O. The first-order chi connectivity index (χ1) is 9.86. The lowest BCUT2D eigenvalue weighted by Gasteiger charge is -2.52. The molecule has 1 saturated carbocycles. The quantitative estimate of drug-likeness (QED) is 0.795. The zero-order chi connectivity index (χ0) is 15.4. The molecule has 2 atom stereocenters. The van der Waals surface area contributed by atoms with Crippen molar-refractivity contribution in [1.29, 1.82) is 0 Å². The molecule has 1 aliphatic carbocycles. The fourth-order valence-electron chi connectivity index (χ4n) is 3.22. The number of fused-ring (bicyclic) bond motifs is 1. The monoisotopic (exact) mass is 403 g/mol. The van der Waals surface area contributed by atoms with Crippen molar-refractivity contribution in [2.24, 2.45) is 5.41 Å². The summed E-state index contributed by atoms with van der Waals surface area (Å²) in [6.45, 7) is 7.03. The smallest absolute Gasteiger partial charge is 0.201 e. The van der Waals surface area contributed by atoms with Gasteiger partial charge >= 0.3 is 0 Å². The van der Waals surface area contributed by atoms with Crippen LogP contribution in [0.4, 0.5) is 10.3 Å². The summed E-state index contributed by atoms with van der Waals surface area (Å²) in [6, 6.07) is 3.45. The van der Waals surface area contributed by atoms with Crippen molar-refractivity contribution >= 4 is 39.6 Å². The second-order valence-electron chi connectivity index (χ2n) is 6.11. The predicted octanol–water partition coefficient (Wildman–Crippen LogP) is 3.74. The van der Waals surface area contributed by atoms with Crippen LogP contribution in [0.1, 0.15) is 33.2 Å². The van der Waals surface area contributed by atoms with Gasteiger partial charge in [0.15, 0.2) is 0 Å². The second kappa shape index (κ2) is 5.08. The lowest BCUT2D eigenvalue weighted by Crippen LogP contribution is -2.51. The fraction of sp³-hybridized carbons (Fsp3) is 0.533.